The molecule has 0 saturated carbocycles. The first-order chi connectivity index (χ1) is 5.02. The zero-order valence-electron chi connectivity index (χ0n) is 7.80. The van der Waals surface area contributed by atoms with Crippen molar-refractivity contribution in [1.29, 1.82) is 0 Å². The first-order valence-electron chi connectivity index (χ1n) is 4.01. The number of likely N-dealkylation sites (N-methyl/N-ethyl adjacent to an activating group) is 1. The Labute approximate surface area is 69.2 Å². The molecule has 0 aromatic rings. The molecular weight excluding hydrogens is 140 g/mol. The molecule has 11 heavy (non-hydrogen) atoms. The van der Waals surface area contributed by atoms with Gasteiger partial charge in [-0.05, 0) is 19.0 Å². The van der Waals surface area contributed by atoms with Crippen LogP contribution in [0, 0.1) is 5.41 Å². The molecule has 0 saturated heterocycles. The van der Waals surface area contributed by atoms with Gasteiger partial charge in [-0.25, -0.2) is 0 Å². The summed E-state index contributed by atoms with van der Waals surface area (Å²) in [5.74, 6) is 0. The molecule has 0 fully saturated rings. The number of aliphatic hydroxyl groups is 1. The van der Waals surface area contributed by atoms with Gasteiger partial charge in [0.25, 0.3) is 0 Å². The fraction of sp³-hybridized carbons (Fsp3) is 1.00. The molecule has 3 nitrogen and oxygen atoms in total. The lowest BCUT2D eigenvalue weighted by Gasteiger charge is -2.28. The number of aliphatic hydroxyl groups excluding tert-OH is 1. The summed E-state index contributed by atoms with van der Waals surface area (Å²) in [5.41, 5.74) is 5.72. The monoisotopic (exact) mass is 160 g/mol. The normalized spacial score (nSPS) is 12.5. The lowest BCUT2D eigenvalue weighted by atomic mass is 9.93. The standard InChI is InChI=1S/C8H20N2O/c1-8(2,6-9)7-10(3)4-5-11/h11H,4-7,9H2,1-3H3. The number of nitrogens with zero attached hydrogens (tertiary/aromatic N) is 1. The van der Waals surface area contributed by atoms with Gasteiger partial charge in [0, 0.05) is 13.1 Å². The minimum atomic E-state index is 0.157. The molecule has 68 valence electrons. The number of hydrogen-bond acceptors (Lipinski definition) is 3. The Balaban J connectivity index is 3.64. The van der Waals surface area contributed by atoms with Crippen LogP contribution in [0.3, 0.4) is 0 Å². The first-order valence-corrected chi connectivity index (χ1v) is 4.01. The largest absolute Gasteiger partial charge is 0.395 e. The van der Waals surface area contributed by atoms with E-state index in [2.05, 4.69) is 18.7 Å². The highest BCUT2D eigenvalue weighted by Crippen LogP contribution is 2.13. The molecule has 0 bridgehead atoms. The van der Waals surface area contributed by atoms with Gasteiger partial charge in [-0.3, -0.25) is 0 Å². The van der Waals surface area contributed by atoms with Crippen LogP contribution in [0.2, 0.25) is 0 Å². The third-order valence-corrected chi connectivity index (χ3v) is 1.73. The van der Waals surface area contributed by atoms with Crippen molar-refractivity contribution in [2.75, 3.05) is 33.3 Å². The van der Waals surface area contributed by atoms with E-state index in [0.29, 0.717) is 6.54 Å². The average molecular weight is 160 g/mol. The van der Waals surface area contributed by atoms with Crippen molar-refractivity contribution in [1.82, 2.24) is 4.90 Å². The summed E-state index contributed by atoms with van der Waals surface area (Å²) in [6, 6.07) is 0. The zero-order chi connectivity index (χ0) is 8.91. The van der Waals surface area contributed by atoms with E-state index in [0.717, 1.165) is 13.1 Å². The van der Waals surface area contributed by atoms with Gasteiger partial charge in [0.05, 0.1) is 6.61 Å². The van der Waals surface area contributed by atoms with E-state index >= 15 is 0 Å². The summed E-state index contributed by atoms with van der Waals surface area (Å²) in [4.78, 5) is 2.09. The Hall–Kier alpha value is -0.120. The van der Waals surface area contributed by atoms with Gasteiger partial charge in [-0.2, -0.15) is 0 Å². The second kappa shape index (κ2) is 4.70. The fourth-order valence-corrected chi connectivity index (χ4v) is 1.05. The van der Waals surface area contributed by atoms with Gasteiger partial charge in [0.2, 0.25) is 0 Å². The molecule has 0 rings (SSSR count). The Morgan fingerprint density at radius 2 is 2.00 bits per heavy atom. The summed E-state index contributed by atoms with van der Waals surface area (Å²) in [6.45, 7) is 6.81. The van der Waals surface area contributed by atoms with Gasteiger partial charge < -0.3 is 15.7 Å². The van der Waals surface area contributed by atoms with Crippen LogP contribution in [0.1, 0.15) is 13.8 Å². The van der Waals surface area contributed by atoms with Crippen LogP contribution >= 0.6 is 0 Å². The SMILES string of the molecule is CN(CCO)CC(C)(C)CN. The van der Waals surface area contributed by atoms with Crippen LogP contribution in [0.5, 0.6) is 0 Å². The second-order valence-corrected chi connectivity index (χ2v) is 3.83. The quantitative estimate of drug-likeness (QED) is 0.590. The van der Waals surface area contributed by atoms with Crippen molar-refractivity contribution in [3.8, 4) is 0 Å². The van der Waals surface area contributed by atoms with Crippen molar-refractivity contribution in [3.63, 3.8) is 0 Å². The highest BCUT2D eigenvalue weighted by molar-refractivity contribution is 4.72. The minimum absolute atomic E-state index is 0.157. The molecule has 0 aromatic heterocycles. The molecule has 0 amide bonds. The number of hydrogen-bond donors (Lipinski definition) is 2. The predicted octanol–water partition coefficient (Wildman–Crippen LogP) is -0.105. The van der Waals surface area contributed by atoms with Crippen LogP contribution in [0.25, 0.3) is 0 Å². The van der Waals surface area contributed by atoms with E-state index in [9.17, 15) is 0 Å². The third-order valence-electron chi connectivity index (χ3n) is 1.73. The van der Waals surface area contributed by atoms with Crippen LogP contribution in [-0.4, -0.2) is 43.3 Å². The highest BCUT2D eigenvalue weighted by Gasteiger charge is 2.17. The van der Waals surface area contributed by atoms with E-state index < -0.39 is 0 Å². The smallest absolute Gasteiger partial charge is 0.0558 e. The first kappa shape index (κ1) is 10.9. The van der Waals surface area contributed by atoms with Crippen LogP contribution in [0.4, 0.5) is 0 Å². The van der Waals surface area contributed by atoms with Crippen molar-refractivity contribution in [2.45, 2.75) is 13.8 Å². The van der Waals surface area contributed by atoms with E-state index in [4.69, 9.17) is 10.8 Å². The van der Waals surface area contributed by atoms with Gasteiger partial charge in [-0.1, -0.05) is 13.8 Å². The third kappa shape index (κ3) is 5.18. The van der Waals surface area contributed by atoms with Gasteiger partial charge >= 0.3 is 0 Å². The van der Waals surface area contributed by atoms with Crippen molar-refractivity contribution < 1.29 is 5.11 Å². The maximum absolute atomic E-state index is 8.63. The molecule has 0 aliphatic carbocycles. The second-order valence-electron chi connectivity index (χ2n) is 3.83. The molecule has 3 heteroatoms. The van der Waals surface area contributed by atoms with Crippen molar-refractivity contribution in [3.05, 3.63) is 0 Å². The molecular formula is C8H20N2O. The molecule has 0 atom stereocenters. The Morgan fingerprint density at radius 1 is 1.45 bits per heavy atom. The van der Waals surface area contributed by atoms with Crippen LogP contribution < -0.4 is 5.73 Å². The molecule has 0 heterocycles. The van der Waals surface area contributed by atoms with Crippen molar-refractivity contribution in [2.24, 2.45) is 11.1 Å². The Kier molecular flexibility index (Phi) is 4.65. The summed E-state index contributed by atoms with van der Waals surface area (Å²) in [6.07, 6.45) is 0. The molecule has 0 aliphatic rings. The fourth-order valence-electron chi connectivity index (χ4n) is 1.05. The molecule has 0 spiro atoms. The summed E-state index contributed by atoms with van der Waals surface area (Å²) in [7, 11) is 1.99. The van der Waals surface area contributed by atoms with Gasteiger partial charge in [0.15, 0.2) is 0 Å². The van der Waals surface area contributed by atoms with E-state index in [-0.39, 0.29) is 12.0 Å². The Bertz CT molecular complexity index is 104. The molecule has 0 aliphatic heterocycles. The maximum Gasteiger partial charge on any atom is 0.0558 e. The molecule has 3 N–H and O–H groups in total. The van der Waals surface area contributed by atoms with E-state index in [1.807, 2.05) is 7.05 Å². The van der Waals surface area contributed by atoms with Crippen molar-refractivity contribution >= 4 is 0 Å². The zero-order valence-corrected chi connectivity index (χ0v) is 7.80. The van der Waals surface area contributed by atoms with E-state index in [1.54, 1.807) is 0 Å². The summed E-state index contributed by atoms with van der Waals surface area (Å²) < 4.78 is 0. The molecule has 0 radical (unpaired) electrons. The number of rotatable bonds is 5. The minimum Gasteiger partial charge on any atom is -0.395 e. The Morgan fingerprint density at radius 3 is 2.36 bits per heavy atom. The van der Waals surface area contributed by atoms with Crippen LogP contribution in [0.15, 0.2) is 0 Å². The lowest BCUT2D eigenvalue weighted by molar-refractivity contribution is 0.173. The van der Waals surface area contributed by atoms with Gasteiger partial charge in [0.1, 0.15) is 0 Å². The maximum atomic E-state index is 8.63. The topological polar surface area (TPSA) is 49.5 Å². The predicted molar refractivity (Wildman–Crippen MR) is 47.4 cm³/mol. The van der Waals surface area contributed by atoms with Gasteiger partial charge in [-0.15, -0.1) is 0 Å². The molecule has 0 unspecified atom stereocenters. The highest BCUT2D eigenvalue weighted by atomic mass is 16.3. The lowest BCUT2D eigenvalue weighted by Crippen LogP contribution is -2.37. The average Bonchev–Trinajstić information content (AvgIpc) is 1.87. The van der Waals surface area contributed by atoms with Crippen LogP contribution in [-0.2, 0) is 0 Å². The summed E-state index contributed by atoms with van der Waals surface area (Å²) in [5, 5.41) is 8.63. The van der Waals surface area contributed by atoms with E-state index in [1.165, 1.54) is 0 Å². The number of nitrogens with two attached hydrogens (primary N) is 1. The molecule has 0 aromatic carbocycles. The summed E-state index contributed by atoms with van der Waals surface area (Å²) >= 11 is 0.